The molecule has 2 rings (SSSR count). The van der Waals surface area contributed by atoms with E-state index in [0.717, 1.165) is 16.5 Å². The Kier molecular flexibility index (Phi) is 4.82. The topological polar surface area (TPSA) is 57.2 Å². The zero-order chi connectivity index (χ0) is 13.8. The van der Waals surface area contributed by atoms with Crippen LogP contribution in [0.15, 0.2) is 30.5 Å². The quantitative estimate of drug-likeness (QED) is 0.874. The van der Waals surface area contributed by atoms with Crippen molar-refractivity contribution in [3.8, 4) is 0 Å². The predicted molar refractivity (Wildman–Crippen MR) is 78.5 cm³/mol. The molecule has 1 atom stereocenters. The molecule has 2 N–H and O–H groups in total. The number of halogens is 1. The van der Waals surface area contributed by atoms with Crippen molar-refractivity contribution in [2.24, 2.45) is 12.8 Å². The molecule has 1 aromatic heterocycles. The van der Waals surface area contributed by atoms with Gasteiger partial charge in [-0.25, -0.2) is 0 Å². The number of aryl methyl sites for hydroxylation is 1. The first-order valence-corrected chi connectivity index (χ1v) is 5.95. The number of para-hydroxylation sites is 1. The van der Waals surface area contributed by atoms with Crippen LogP contribution in [0.2, 0.25) is 0 Å². The van der Waals surface area contributed by atoms with Gasteiger partial charge in [0.05, 0.1) is 6.61 Å². The van der Waals surface area contributed by atoms with Crippen LogP contribution in [0, 0.1) is 0 Å². The highest BCUT2D eigenvalue weighted by Crippen LogP contribution is 2.21. The molecule has 1 heterocycles. The number of ether oxygens (including phenoxy) is 1. The molecule has 0 radical (unpaired) electrons. The van der Waals surface area contributed by atoms with E-state index in [2.05, 4.69) is 0 Å². The van der Waals surface area contributed by atoms with Crippen LogP contribution < -0.4 is 5.73 Å². The molecule has 2 aromatic rings. The molecule has 19 heavy (non-hydrogen) atoms. The lowest BCUT2D eigenvalue weighted by molar-refractivity contribution is -0.144. The van der Waals surface area contributed by atoms with E-state index in [1.54, 1.807) is 6.92 Å². The molecule has 0 aliphatic carbocycles. The fourth-order valence-electron chi connectivity index (χ4n) is 2.06. The van der Waals surface area contributed by atoms with Gasteiger partial charge < -0.3 is 15.0 Å². The average Bonchev–Trinajstić information content (AvgIpc) is 2.77. The Balaban J connectivity index is 0.00000200. The van der Waals surface area contributed by atoms with E-state index in [4.69, 9.17) is 11.8 Å². The molecule has 0 aliphatic rings. The summed E-state index contributed by atoms with van der Waals surface area (Å²) in [5, 5.41) is 1.04. The van der Waals surface area contributed by atoms with Gasteiger partial charge in [-0.05, 0) is 18.6 Å². The van der Waals surface area contributed by atoms with Crippen molar-refractivity contribution in [1.29, 1.82) is 0 Å². The highest BCUT2D eigenvalue weighted by atomic mass is 35.5. The van der Waals surface area contributed by atoms with Gasteiger partial charge in [0, 0.05) is 31.9 Å². The standard InChI is InChI=1S/C14H18N2O2.ClH/c1-3-18-14(17)12(15)8-10-9-16(2)13-7-5-4-6-11(10)13;/h4-7,9,12H,3,8,15H2,1-2H3;1H/t12-;/m0./s1/i2D;. The number of aromatic nitrogens is 1. The summed E-state index contributed by atoms with van der Waals surface area (Å²) in [6.07, 6.45) is 2.31. The first-order chi connectivity index (χ1) is 9.17. The number of carbonyl (C=O) groups excluding carboxylic acids is 1. The monoisotopic (exact) mass is 283 g/mol. The molecule has 0 fully saturated rings. The lowest BCUT2D eigenvalue weighted by Crippen LogP contribution is -2.34. The Morgan fingerprint density at radius 1 is 1.53 bits per heavy atom. The van der Waals surface area contributed by atoms with Gasteiger partial charge in [-0.15, -0.1) is 12.4 Å². The number of esters is 1. The summed E-state index contributed by atoms with van der Waals surface area (Å²) in [6.45, 7) is 2.09. The molecule has 5 heteroatoms. The van der Waals surface area contributed by atoms with Gasteiger partial charge in [0.15, 0.2) is 0 Å². The summed E-state index contributed by atoms with van der Waals surface area (Å²) in [5.74, 6) is -0.384. The van der Waals surface area contributed by atoms with Crippen LogP contribution in [0.3, 0.4) is 0 Å². The predicted octanol–water partition coefficient (Wildman–Crippen LogP) is 2.03. The number of nitrogens with zero attached hydrogens (tertiary/aromatic N) is 1. The first kappa shape index (κ1) is 13.9. The van der Waals surface area contributed by atoms with Crippen LogP contribution in [0.4, 0.5) is 0 Å². The van der Waals surface area contributed by atoms with Gasteiger partial charge >= 0.3 is 5.97 Å². The average molecular weight is 284 g/mol. The molecule has 0 amide bonds. The molecule has 0 saturated carbocycles. The lowest BCUT2D eigenvalue weighted by atomic mass is 10.1. The molecular formula is C14H19ClN2O2. The number of rotatable bonds is 4. The van der Waals surface area contributed by atoms with Crippen LogP contribution >= 0.6 is 12.4 Å². The van der Waals surface area contributed by atoms with Gasteiger partial charge in [0.2, 0.25) is 0 Å². The van der Waals surface area contributed by atoms with Crippen LogP contribution in [0.1, 0.15) is 13.9 Å². The minimum absolute atomic E-state index is 0. The van der Waals surface area contributed by atoms with Crippen LogP contribution in [-0.4, -0.2) is 23.2 Å². The molecule has 0 spiro atoms. The summed E-state index contributed by atoms with van der Waals surface area (Å²) in [5.41, 5.74) is 7.81. The fourth-order valence-corrected chi connectivity index (χ4v) is 2.06. The fraction of sp³-hybridized carbons (Fsp3) is 0.357. The second kappa shape index (κ2) is 6.59. The normalized spacial score (nSPS) is 12.6. The van der Waals surface area contributed by atoms with Gasteiger partial charge in [0.1, 0.15) is 6.04 Å². The van der Waals surface area contributed by atoms with E-state index in [1.165, 1.54) is 0 Å². The molecule has 0 bridgehead atoms. The Hall–Kier alpha value is -1.52. The molecule has 1 aromatic carbocycles. The number of hydrogen-bond acceptors (Lipinski definition) is 3. The van der Waals surface area contributed by atoms with E-state index in [9.17, 15) is 4.79 Å². The van der Waals surface area contributed by atoms with Crippen molar-refractivity contribution in [2.75, 3.05) is 6.61 Å². The zero-order valence-corrected chi connectivity index (χ0v) is 11.7. The Morgan fingerprint density at radius 3 is 2.95 bits per heavy atom. The highest BCUT2D eigenvalue weighted by Gasteiger charge is 2.17. The maximum Gasteiger partial charge on any atom is 0.323 e. The maximum atomic E-state index is 11.6. The largest absolute Gasteiger partial charge is 0.465 e. The molecule has 104 valence electrons. The zero-order valence-electron chi connectivity index (χ0n) is 11.8. The number of benzene rings is 1. The van der Waals surface area contributed by atoms with Crippen molar-refractivity contribution in [3.05, 3.63) is 36.0 Å². The Bertz CT molecular complexity index is 586. The van der Waals surface area contributed by atoms with Crippen molar-refractivity contribution >= 4 is 29.3 Å². The van der Waals surface area contributed by atoms with Crippen LogP contribution in [0.5, 0.6) is 0 Å². The molecular weight excluding hydrogens is 264 g/mol. The Labute approximate surface area is 120 Å². The molecule has 0 saturated heterocycles. The summed E-state index contributed by atoms with van der Waals surface area (Å²) in [7, 11) is 0.148. The van der Waals surface area contributed by atoms with E-state index < -0.39 is 6.04 Å². The SMILES string of the molecule is Cl.[2H]Cn1cc(C[C@H](N)C(=O)OCC)c2ccccc21. The van der Waals surface area contributed by atoms with Gasteiger partial charge in [-0.1, -0.05) is 18.2 Å². The van der Waals surface area contributed by atoms with Gasteiger partial charge in [-0.3, -0.25) is 4.79 Å². The first-order valence-electron chi connectivity index (χ1n) is 6.66. The summed E-state index contributed by atoms with van der Waals surface area (Å²) >= 11 is 0. The number of hydrogen-bond donors (Lipinski definition) is 1. The third kappa shape index (κ3) is 3.28. The second-order valence-corrected chi connectivity index (χ2v) is 4.20. The summed E-state index contributed by atoms with van der Waals surface area (Å²) in [4.78, 5) is 11.6. The number of carbonyl (C=O) groups is 1. The number of fused-ring (bicyclic) bond motifs is 1. The molecule has 0 unspecified atom stereocenters. The van der Waals surface area contributed by atoms with E-state index >= 15 is 0 Å². The van der Waals surface area contributed by atoms with E-state index in [0.29, 0.717) is 13.0 Å². The highest BCUT2D eigenvalue weighted by molar-refractivity contribution is 5.85. The van der Waals surface area contributed by atoms with Gasteiger partial charge in [-0.2, -0.15) is 0 Å². The minimum Gasteiger partial charge on any atom is -0.465 e. The maximum absolute atomic E-state index is 11.6. The van der Waals surface area contributed by atoms with Crippen LogP contribution in [0.25, 0.3) is 10.9 Å². The summed E-state index contributed by atoms with van der Waals surface area (Å²) in [6, 6.07) is 7.15. The van der Waals surface area contributed by atoms with Crippen molar-refractivity contribution < 1.29 is 10.9 Å². The van der Waals surface area contributed by atoms with Crippen LogP contribution in [-0.2, 0) is 23.0 Å². The smallest absolute Gasteiger partial charge is 0.323 e. The molecule has 4 nitrogen and oxygen atoms in total. The lowest BCUT2D eigenvalue weighted by Gasteiger charge is -2.09. The third-order valence-electron chi connectivity index (χ3n) is 2.90. The molecule has 0 aliphatic heterocycles. The number of nitrogens with two attached hydrogens (primary N) is 1. The summed E-state index contributed by atoms with van der Waals surface area (Å²) < 4.78 is 14.3. The minimum atomic E-state index is -0.662. The van der Waals surface area contributed by atoms with Crippen molar-refractivity contribution in [2.45, 2.75) is 19.4 Å². The van der Waals surface area contributed by atoms with E-state index in [1.807, 2.05) is 35.0 Å². The van der Waals surface area contributed by atoms with Crippen molar-refractivity contribution in [1.82, 2.24) is 4.57 Å². The van der Waals surface area contributed by atoms with E-state index in [-0.39, 0.29) is 25.4 Å². The Morgan fingerprint density at radius 2 is 2.26 bits per heavy atom. The van der Waals surface area contributed by atoms with Crippen molar-refractivity contribution in [3.63, 3.8) is 0 Å². The van der Waals surface area contributed by atoms with Gasteiger partial charge in [0.25, 0.3) is 0 Å². The third-order valence-corrected chi connectivity index (χ3v) is 2.90. The second-order valence-electron chi connectivity index (χ2n) is 4.20.